The SMILES string of the molecule is COC(=O)C1=COC(OC2OC(CO)C(O)C(O)C2O)/C(=C/COC(C)=O)C1CC(=O)OCCc1ccc(O)cc1. The highest BCUT2D eigenvalue weighted by Crippen LogP contribution is 2.36. The van der Waals surface area contributed by atoms with Crippen molar-refractivity contribution in [3.05, 3.63) is 53.3 Å². The molecular formula is C27H34O14. The number of carbonyl (C=O) groups excluding carboxylic acids is 3. The summed E-state index contributed by atoms with van der Waals surface area (Å²) in [5, 5.41) is 49.5. The van der Waals surface area contributed by atoms with Gasteiger partial charge in [0, 0.05) is 24.8 Å². The Morgan fingerprint density at radius 3 is 2.37 bits per heavy atom. The molecule has 0 amide bonds. The molecule has 0 aromatic heterocycles. The minimum Gasteiger partial charge on any atom is -0.508 e. The predicted molar refractivity (Wildman–Crippen MR) is 135 cm³/mol. The molecule has 2 aliphatic rings. The maximum atomic E-state index is 12.9. The molecule has 1 fully saturated rings. The van der Waals surface area contributed by atoms with Crippen LogP contribution in [0.1, 0.15) is 18.9 Å². The summed E-state index contributed by atoms with van der Waals surface area (Å²) < 4.78 is 31.9. The number of aromatic hydroxyl groups is 1. The standard InChI is InChI=1S/C27H34O14/c1-14(29)37-10-8-17-18(11-21(31)38-9-7-15-3-5-16(30)6-4-15)19(25(35)36-2)13-39-26(17)41-27-24(34)23(33)22(32)20(12-28)40-27/h3-6,8,13,18,20,22-24,26-28,30,32-34H,7,9-12H2,1-2H3/b17-8+. The van der Waals surface area contributed by atoms with E-state index < -0.39 is 67.4 Å². The van der Waals surface area contributed by atoms with Crippen LogP contribution in [0.4, 0.5) is 0 Å². The van der Waals surface area contributed by atoms with Crippen LogP contribution in [0.5, 0.6) is 5.75 Å². The first-order chi connectivity index (χ1) is 19.5. The average Bonchev–Trinajstić information content (AvgIpc) is 2.95. The van der Waals surface area contributed by atoms with Crippen molar-refractivity contribution in [1.29, 1.82) is 0 Å². The van der Waals surface area contributed by atoms with Gasteiger partial charge in [-0.2, -0.15) is 0 Å². The van der Waals surface area contributed by atoms with Gasteiger partial charge in [0.05, 0.1) is 38.6 Å². The zero-order valence-electron chi connectivity index (χ0n) is 22.5. The molecular weight excluding hydrogens is 548 g/mol. The number of aliphatic hydroxyl groups is 4. The van der Waals surface area contributed by atoms with E-state index in [1.165, 1.54) is 25.1 Å². The first-order valence-corrected chi connectivity index (χ1v) is 12.7. The minimum atomic E-state index is -1.76. The predicted octanol–water partition coefficient (Wildman–Crippen LogP) is -0.797. The highest BCUT2D eigenvalue weighted by Gasteiger charge is 2.47. The lowest BCUT2D eigenvalue weighted by atomic mass is 9.86. The number of ether oxygens (including phenoxy) is 6. The molecule has 5 N–H and O–H groups in total. The van der Waals surface area contributed by atoms with Crippen LogP contribution >= 0.6 is 0 Å². The van der Waals surface area contributed by atoms with Crippen LogP contribution < -0.4 is 0 Å². The van der Waals surface area contributed by atoms with E-state index in [0.29, 0.717) is 6.42 Å². The van der Waals surface area contributed by atoms with E-state index in [1.807, 2.05) is 0 Å². The van der Waals surface area contributed by atoms with E-state index in [9.17, 15) is 39.9 Å². The summed E-state index contributed by atoms with van der Waals surface area (Å²) in [4.78, 5) is 36.8. The zero-order valence-corrected chi connectivity index (χ0v) is 22.5. The van der Waals surface area contributed by atoms with Gasteiger partial charge in [-0.25, -0.2) is 4.79 Å². The normalized spacial score (nSPS) is 28.8. The number of rotatable bonds is 11. The van der Waals surface area contributed by atoms with Crippen LogP contribution in [-0.4, -0.2) is 107 Å². The smallest absolute Gasteiger partial charge is 0.337 e. The highest BCUT2D eigenvalue weighted by molar-refractivity contribution is 5.90. The van der Waals surface area contributed by atoms with Crippen molar-refractivity contribution in [2.75, 3.05) is 26.9 Å². The van der Waals surface area contributed by atoms with Crippen LogP contribution in [0, 0.1) is 5.92 Å². The topological polar surface area (TPSA) is 208 Å². The molecule has 0 spiro atoms. The van der Waals surface area contributed by atoms with Crippen molar-refractivity contribution in [3.8, 4) is 5.75 Å². The number of hydrogen-bond acceptors (Lipinski definition) is 14. The van der Waals surface area contributed by atoms with Crippen molar-refractivity contribution in [2.45, 2.75) is 56.8 Å². The van der Waals surface area contributed by atoms with Gasteiger partial charge in [-0.05, 0) is 23.8 Å². The van der Waals surface area contributed by atoms with Gasteiger partial charge in [-0.15, -0.1) is 0 Å². The summed E-state index contributed by atoms with van der Waals surface area (Å²) in [6.45, 7) is 0.182. The quantitative estimate of drug-likeness (QED) is 0.123. The number of phenols is 1. The summed E-state index contributed by atoms with van der Waals surface area (Å²) in [6, 6.07) is 6.36. The third-order valence-corrected chi connectivity index (χ3v) is 6.46. The highest BCUT2D eigenvalue weighted by atomic mass is 16.8. The fraction of sp³-hybridized carbons (Fsp3) is 0.519. The Bertz CT molecular complexity index is 1110. The molecule has 0 bridgehead atoms. The Morgan fingerprint density at radius 1 is 1.02 bits per heavy atom. The van der Waals surface area contributed by atoms with E-state index in [4.69, 9.17) is 28.4 Å². The van der Waals surface area contributed by atoms with Gasteiger partial charge in [0.2, 0.25) is 6.29 Å². The van der Waals surface area contributed by atoms with Gasteiger partial charge in [-0.1, -0.05) is 12.1 Å². The maximum Gasteiger partial charge on any atom is 0.337 e. The second-order valence-corrected chi connectivity index (χ2v) is 9.27. The van der Waals surface area contributed by atoms with E-state index in [0.717, 1.165) is 18.9 Å². The lowest BCUT2D eigenvalue weighted by Crippen LogP contribution is -2.60. The molecule has 3 rings (SSSR count). The monoisotopic (exact) mass is 582 g/mol. The summed E-state index contributed by atoms with van der Waals surface area (Å²) in [5.74, 6) is -3.09. The number of aliphatic hydroxyl groups excluding tert-OH is 4. The molecule has 1 saturated heterocycles. The number of hydrogen-bond donors (Lipinski definition) is 5. The Morgan fingerprint density at radius 2 is 1.73 bits per heavy atom. The van der Waals surface area contributed by atoms with Crippen LogP contribution in [-0.2, 0) is 49.2 Å². The van der Waals surface area contributed by atoms with Crippen LogP contribution in [0.2, 0.25) is 0 Å². The molecule has 7 unspecified atom stereocenters. The van der Waals surface area contributed by atoms with E-state index in [2.05, 4.69) is 0 Å². The number of methoxy groups -OCH3 is 1. The van der Waals surface area contributed by atoms with Crippen molar-refractivity contribution >= 4 is 17.9 Å². The lowest BCUT2D eigenvalue weighted by molar-refractivity contribution is -0.327. The Balaban J connectivity index is 1.82. The number of esters is 3. The van der Waals surface area contributed by atoms with E-state index in [-0.39, 0.29) is 36.5 Å². The molecule has 1 aromatic carbocycles. The average molecular weight is 583 g/mol. The molecule has 14 heteroatoms. The van der Waals surface area contributed by atoms with E-state index >= 15 is 0 Å². The molecule has 1 aromatic rings. The van der Waals surface area contributed by atoms with E-state index in [1.54, 1.807) is 12.1 Å². The van der Waals surface area contributed by atoms with Gasteiger partial charge in [0.1, 0.15) is 36.8 Å². The van der Waals surface area contributed by atoms with Gasteiger partial charge in [0.15, 0.2) is 6.29 Å². The molecule has 14 nitrogen and oxygen atoms in total. The maximum absolute atomic E-state index is 12.9. The van der Waals surface area contributed by atoms with Crippen LogP contribution in [0.25, 0.3) is 0 Å². The number of carbonyl (C=O) groups is 3. The molecule has 2 aliphatic heterocycles. The Kier molecular flexibility index (Phi) is 11.6. The van der Waals surface area contributed by atoms with Crippen molar-refractivity contribution in [2.24, 2.45) is 5.92 Å². The summed E-state index contributed by atoms with van der Waals surface area (Å²) in [6.07, 6.45) is -7.11. The largest absolute Gasteiger partial charge is 0.508 e. The molecule has 0 saturated carbocycles. The van der Waals surface area contributed by atoms with Gasteiger partial charge < -0.3 is 54.0 Å². The summed E-state index contributed by atoms with van der Waals surface area (Å²) >= 11 is 0. The third-order valence-electron chi connectivity index (χ3n) is 6.46. The molecule has 41 heavy (non-hydrogen) atoms. The van der Waals surface area contributed by atoms with Gasteiger partial charge in [-0.3, -0.25) is 9.59 Å². The second kappa shape index (κ2) is 14.9. The summed E-state index contributed by atoms with van der Waals surface area (Å²) in [5.41, 5.74) is 0.846. The van der Waals surface area contributed by atoms with Crippen LogP contribution in [0.15, 0.2) is 47.7 Å². The van der Waals surface area contributed by atoms with Crippen molar-refractivity contribution in [3.63, 3.8) is 0 Å². The van der Waals surface area contributed by atoms with Crippen molar-refractivity contribution in [1.82, 2.24) is 0 Å². The van der Waals surface area contributed by atoms with Gasteiger partial charge in [0.25, 0.3) is 0 Å². The Labute approximate surface area is 235 Å². The van der Waals surface area contributed by atoms with Crippen molar-refractivity contribution < 1.29 is 68.3 Å². The number of phenolic OH excluding ortho intramolecular Hbond substituents is 1. The Hall–Kier alpha value is -3.53. The molecule has 0 radical (unpaired) electrons. The number of benzene rings is 1. The first kappa shape index (κ1) is 32.0. The second-order valence-electron chi connectivity index (χ2n) is 9.27. The fourth-order valence-electron chi connectivity index (χ4n) is 4.25. The minimum absolute atomic E-state index is 0.00138. The van der Waals surface area contributed by atoms with Crippen LogP contribution in [0.3, 0.4) is 0 Å². The summed E-state index contributed by atoms with van der Waals surface area (Å²) in [7, 11) is 1.13. The first-order valence-electron chi connectivity index (χ1n) is 12.7. The lowest BCUT2D eigenvalue weighted by Gasteiger charge is -2.42. The molecule has 7 atom stereocenters. The van der Waals surface area contributed by atoms with Gasteiger partial charge >= 0.3 is 17.9 Å². The zero-order chi connectivity index (χ0) is 30.1. The molecule has 2 heterocycles. The molecule has 226 valence electrons. The molecule has 0 aliphatic carbocycles. The third kappa shape index (κ3) is 8.48. The fourth-order valence-corrected chi connectivity index (χ4v) is 4.25.